The first-order valence-electron chi connectivity index (χ1n) is 6.65. The summed E-state index contributed by atoms with van der Waals surface area (Å²) >= 11 is 0. The maximum Gasteiger partial charge on any atom is 0.413 e. The Balaban J connectivity index is 2.86. The fraction of sp³-hybridized carbons (Fsp3) is 0.438. The molecule has 0 unspecified atom stereocenters. The summed E-state index contributed by atoms with van der Waals surface area (Å²) in [7, 11) is 0. The molecular formula is C16H22N2O2. The minimum absolute atomic E-state index is 0.421. The van der Waals surface area contributed by atoms with Crippen molar-refractivity contribution in [3.8, 4) is 0 Å². The zero-order chi connectivity index (χ0) is 15.2. The van der Waals surface area contributed by atoms with Gasteiger partial charge in [0.1, 0.15) is 11.4 Å². The van der Waals surface area contributed by atoms with E-state index in [2.05, 4.69) is 29.9 Å². The van der Waals surface area contributed by atoms with Crippen molar-refractivity contribution >= 4 is 18.0 Å². The standard InChI is InChI=1S/C16H22N2O2/c1-12(2)8-6-9-13-10-7-11-17-14(13)18-15(19)20-16(3,4)5/h7-12H,1-5H3,(H,17,18,19). The molecule has 0 saturated carbocycles. The number of hydrogen-bond donors (Lipinski definition) is 1. The zero-order valence-corrected chi connectivity index (χ0v) is 12.7. The van der Waals surface area contributed by atoms with Gasteiger partial charge in [-0.2, -0.15) is 0 Å². The number of anilines is 1. The molecule has 4 heteroatoms. The lowest BCUT2D eigenvalue weighted by atomic mass is 10.2. The molecule has 0 aliphatic carbocycles. The summed E-state index contributed by atoms with van der Waals surface area (Å²) in [5.41, 5.74) is 3.33. The fourth-order valence-corrected chi connectivity index (χ4v) is 1.37. The first-order valence-corrected chi connectivity index (χ1v) is 6.65. The number of nitrogens with zero attached hydrogens (tertiary/aromatic N) is 1. The average Bonchev–Trinajstić information content (AvgIpc) is 2.28. The monoisotopic (exact) mass is 274 g/mol. The Hall–Kier alpha value is -2.06. The normalized spacial score (nSPS) is 10.7. The van der Waals surface area contributed by atoms with Gasteiger partial charge in [0.25, 0.3) is 0 Å². The third-order valence-corrected chi connectivity index (χ3v) is 2.13. The minimum atomic E-state index is -0.535. The Morgan fingerprint density at radius 1 is 1.45 bits per heavy atom. The van der Waals surface area contributed by atoms with Gasteiger partial charge in [-0.15, -0.1) is 5.73 Å². The molecule has 4 nitrogen and oxygen atoms in total. The Morgan fingerprint density at radius 3 is 2.75 bits per heavy atom. The van der Waals surface area contributed by atoms with E-state index >= 15 is 0 Å². The highest BCUT2D eigenvalue weighted by atomic mass is 16.6. The number of carbonyl (C=O) groups excluding carboxylic acids is 1. The maximum absolute atomic E-state index is 11.7. The Bertz CT molecular complexity index is 522. The van der Waals surface area contributed by atoms with Crippen molar-refractivity contribution < 1.29 is 9.53 Å². The van der Waals surface area contributed by atoms with Crippen LogP contribution in [0, 0.1) is 5.92 Å². The van der Waals surface area contributed by atoms with Crippen molar-refractivity contribution in [2.75, 3.05) is 5.32 Å². The summed E-state index contributed by atoms with van der Waals surface area (Å²) in [6.45, 7) is 9.60. The fourth-order valence-electron chi connectivity index (χ4n) is 1.37. The summed E-state index contributed by atoms with van der Waals surface area (Å²) in [6.07, 6.45) is 4.85. The van der Waals surface area contributed by atoms with Gasteiger partial charge in [-0.1, -0.05) is 13.8 Å². The van der Waals surface area contributed by atoms with Gasteiger partial charge in [0.05, 0.1) is 0 Å². The number of amides is 1. The molecule has 1 rings (SSSR count). The van der Waals surface area contributed by atoms with Crippen LogP contribution in [-0.4, -0.2) is 16.7 Å². The van der Waals surface area contributed by atoms with Crippen molar-refractivity contribution in [3.63, 3.8) is 0 Å². The van der Waals surface area contributed by atoms with E-state index in [1.165, 1.54) is 0 Å². The van der Waals surface area contributed by atoms with Crippen LogP contribution in [0.25, 0.3) is 6.08 Å². The van der Waals surface area contributed by atoms with E-state index in [0.717, 1.165) is 5.56 Å². The molecule has 0 aromatic carbocycles. The zero-order valence-electron chi connectivity index (χ0n) is 12.7. The molecule has 0 radical (unpaired) electrons. The van der Waals surface area contributed by atoms with Crippen LogP contribution in [0.3, 0.4) is 0 Å². The molecule has 20 heavy (non-hydrogen) atoms. The maximum atomic E-state index is 11.7. The van der Waals surface area contributed by atoms with Crippen LogP contribution in [0.4, 0.5) is 10.6 Å². The van der Waals surface area contributed by atoms with Crippen molar-refractivity contribution in [1.82, 2.24) is 4.98 Å². The lowest BCUT2D eigenvalue weighted by Crippen LogP contribution is -2.27. The second kappa shape index (κ2) is 6.92. The summed E-state index contributed by atoms with van der Waals surface area (Å²) in [4.78, 5) is 15.9. The van der Waals surface area contributed by atoms with Crippen LogP contribution in [0.2, 0.25) is 0 Å². The van der Waals surface area contributed by atoms with E-state index in [-0.39, 0.29) is 0 Å². The number of pyridine rings is 1. The Kier molecular flexibility index (Phi) is 5.53. The van der Waals surface area contributed by atoms with E-state index in [9.17, 15) is 4.79 Å². The third-order valence-electron chi connectivity index (χ3n) is 2.13. The molecule has 1 heterocycles. The van der Waals surface area contributed by atoms with Crippen LogP contribution < -0.4 is 5.32 Å². The number of carbonyl (C=O) groups is 1. The molecular weight excluding hydrogens is 252 g/mol. The van der Waals surface area contributed by atoms with Crippen LogP contribution in [0.5, 0.6) is 0 Å². The molecule has 0 spiro atoms. The summed E-state index contributed by atoms with van der Waals surface area (Å²) in [5.74, 6) is 0.886. The van der Waals surface area contributed by atoms with Gasteiger partial charge in [0, 0.05) is 11.8 Å². The number of ether oxygens (including phenoxy) is 1. The molecule has 0 aliphatic heterocycles. The van der Waals surface area contributed by atoms with Crippen molar-refractivity contribution in [3.05, 3.63) is 35.7 Å². The molecule has 0 atom stereocenters. The average molecular weight is 274 g/mol. The first-order chi connectivity index (χ1) is 9.28. The van der Waals surface area contributed by atoms with E-state index < -0.39 is 11.7 Å². The largest absolute Gasteiger partial charge is 0.444 e. The molecule has 0 aliphatic rings. The van der Waals surface area contributed by atoms with Gasteiger partial charge in [-0.3, -0.25) is 5.32 Å². The highest BCUT2D eigenvalue weighted by Gasteiger charge is 2.17. The second-order valence-electron chi connectivity index (χ2n) is 5.79. The van der Waals surface area contributed by atoms with Crippen LogP contribution >= 0.6 is 0 Å². The smallest absolute Gasteiger partial charge is 0.413 e. The highest BCUT2D eigenvalue weighted by Crippen LogP contribution is 2.15. The third kappa shape index (κ3) is 6.21. The molecule has 1 amide bonds. The molecule has 108 valence electrons. The SMILES string of the molecule is CC(C)C=C=Cc1cccnc1NC(=O)OC(C)(C)C. The van der Waals surface area contributed by atoms with Gasteiger partial charge in [-0.05, 0) is 51.0 Å². The number of allylic oxidation sites excluding steroid dienone is 1. The van der Waals surface area contributed by atoms with Gasteiger partial charge in [-0.25, -0.2) is 9.78 Å². The summed E-state index contributed by atoms with van der Waals surface area (Å²) in [6, 6.07) is 3.67. The predicted octanol–water partition coefficient (Wildman–Crippen LogP) is 4.25. The number of rotatable bonds is 3. The van der Waals surface area contributed by atoms with E-state index in [1.807, 2.05) is 39.0 Å². The number of hydrogen-bond acceptors (Lipinski definition) is 3. The molecule has 0 fully saturated rings. The second-order valence-corrected chi connectivity index (χ2v) is 5.79. The van der Waals surface area contributed by atoms with Crippen LogP contribution in [0.15, 0.2) is 30.1 Å². The van der Waals surface area contributed by atoms with E-state index in [4.69, 9.17) is 4.74 Å². The Labute approximate surface area is 120 Å². The first kappa shape index (κ1) is 16.0. The molecule has 0 saturated heterocycles. The van der Waals surface area contributed by atoms with Crippen LogP contribution in [0.1, 0.15) is 40.2 Å². The summed E-state index contributed by atoms with van der Waals surface area (Å²) in [5, 5.41) is 2.65. The predicted molar refractivity (Wildman–Crippen MR) is 81.5 cm³/mol. The lowest BCUT2D eigenvalue weighted by molar-refractivity contribution is 0.0635. The molecule has 1 aromatic rings. The van der Waals surface area contributed by atoms with Gasteiger partial charge >= 0.3 is 6.09 Å². The van der Waals surface area contributed by atoms with Crippen molar-refractivity contribution in [1.29, 1.82) is 0 Å². The van der Waals surface area contributed by atoms with Gasteiger partial charge in [0.15, 0.2) is 0 Å². The molecule has 1 N–H and O–H groups in total. The molecule has 0 bridgehead atoms. The number of nitrogens with one attached hydrogen (secondary N) is 1. The van der Waals surface area contributed by atoms with Crippen LogP contribution in [-0.2, 0) is 4.74 Å². The number of aromatic nitrogens is 1. The molecule has 1 aromatic heterocycles. The van der Waals surface area contributed by atoms with Gasteiger partial charge in [0.2, 0.25) is 0 Å². The topological polar surface area (TPSA) is 51.2 Å². The van der Waals surface area contributed by atoms with E-state index in [0.29, 0.717) is 11.7 Å². The minimum Gasteiger partial charge on any atom is -0.444 e. The lowest BCUT2D eigenvalue weighted by Gasteiger charge is -2.19. The van der Waals surface area contributed by atoms with Gasteiger partial charge < -0.3 is 4.74 Å². The Morgan fingerprint density at radius 2 is 2.15 bits per heavy atom. The van der Waals surface area contributed by atoms with Crippen molar-refractivity contribution in [2.24, 2.45) is 5.92 Å². The van der Waals surface area contributed by atoms with E-state index in [1.54, 1.807) is 12.3 Å². The summed E-state index contributed by atoms with van der Waals surface area (Å²) < 4.78 is 5.21. The van der Waals surface area contributed by atoms with Crippen molar-refractivity contribution in [2.45, 2.75) is 40.2 Å². The highest BCUT2D eigenvalue weighted by molar-refractivity contribution is 5.86. The quantitative estimate of drug-likeness (QED) is 0.838.